The van der Waals surface area contributed by atoms with Gasteiger partial charge in [0.25, 0.3) is 0 Å². The van der Waals surface area contributed by atoms with Gasteiger partial charge in [0.1, 0.15) is 0 Å². The average Bonchev–Trinajstić information content (AvgIpc) is 2.38. The quantitative estimate of drug-likeness (QED) is 0.740. The molecule has 0 spiro atoms. The van der Waals surface area contributed by atoms with Crippen molar-refractivity contribution in [3.63, 3.8) is 0 Å². The minimum atomic E-state index is -0.510. The van der Waals surface area contributed by atoms with E-state index in [1.165, 1.54) is 12.0 Å². The van der Waals surface area contributed by atoms with Crippen LogP contribution in [0.1, 0.15) is 23.7 Å². The van der Waals surface area contributed by atoms with E-state index in [1.807, 2.05) is 0 Å². The zero-order chi connectivity index (χ0) is 14.2. The fourth-order valence-corrected chi connectivity index (χ4v) is 2.38. The van der Waals surface area contributed by atoms with E-state index in [0.717, 1.165) is 5.57 Å². The molecule has 5 heteroatoms. The van der Waals surface area contributed by atoms with Gasteiger partial charge < -0.3 is 4.74 Å². The van der Waals surface area contributed by atoms with E-state index >= 15 is 0 Å². The van der Waals surface area contributed by atoms with Gasteiger partial charge in [-0.25, -0.2) is 4.79 Å². The van der Waals surface area contributed by atoms with Crippen LogP contribution < -0.4 is 4.90 Å². The fourth-order valence-electron chi connectivity index (χ4n) is 2.20. The third-order valence-corrected chi connectivity index (χ3v) is 3.38. The molecule has 1 aromatic carbocycles. The number of Topliss-reactive ketones (excluding diaryl/α,β-unsaturated/α-hetero) is 1. The monoisotopic (exact) mass is 279 g/mol. The second kappa shape index (κ2) is 5.05. The van der Waals surface area contributed by atoms with Crippen LogP contribution in [-0.2, 0) is 4.74 Å². The number of fused-ring (bicyclic) bond motifs is 1. The molecular formula is C14H14ClNO3. The lowest BCUT2D eigenvalue weighted by molar-refractivity contribution is 0.0969. The van der Waals surface area contributed by atoms with Gasteiger partial charge in [0, 0.05) is 17.0 Å². The van der Waals surface area contributed by atoms with Gasteiger partial charge in [0.15, 0.2) is 5.78 Å². The number of hydrogen-bond acceptors (Lipinski definition) is 3. The van der Waals surface area contributed by atoms with E-state index in [0.29, 0.717) is 16.3 Å². The maximum Gasteiger partial charge on any atom is 0.414 e. The maximum atomic E-state index is 12.1. The summed E-state index contributed by atoms with van der Waals surface area (Å²) in [5, 5.41) is 0.464. The Morgan fingerprint density at radius 3 is 2.79 bits per heavy atom. The van der Waals surface area contributed by atoms with E-state index in [-0.39, 0.29) is 18.2 Å². The van der Waals surface area contributed by atoms with E-state index < -0.39 is 6.09 Å². The molecule has 4 nitrogen and oxygen atoms in total. The Morgan fingerprint density at radius 2 is 2.21 bits per heavy atom. The molecule has 0 aliphatic carbocycles. The average molecular weight is 280 g/mol. The largest absolute Gasteiger partial charge is 0.452 e. The number of hydrogen-bond donors (Lipinski definition) is 0. The van der Waals surface area contributed by atoms with Gasteiger partial charge in [-0.2, -0.15) is 0 Å². The van der Waals surface area contributed by atoms with Gasteiger partial charge >= 0.3 is 6.09 Å². The van der Waals surface area contributed by atoms with Crippen molar-refractivity contribution >= 4 is 29.2 Å². The number of amides is 1. The Morgan fingerprint density at radius 1 is 1.53 bits per heavy atom. The molecule has 0 fully saturated rings. The molecule has 1 aromatic rings. The smallest absolute Gasteiger partial charge is 0.414 e. The van der Waals surface area contributed by atoms with Crippen LogP contribution in [0.3, 0.4) is 0 Å². The van der Waals surface area contributed by atoms with Gasteiger partial charge in [-0.05, 0) is 25.1 Å². The summed E-state index contributed by atoms with van der Waals surface area (Å²) in [6.45, 7) is 5.63. The number of rotatable bonds is 1. The molecule has 1 heterocycles. The van der Waals surface area contributed by atoms with E-state index in [2.05, 4.69) is 6.58 Å². The first-order chi connectivity index (χ1) is 8.95. The molecule has 0 aromatic heterocycles. The van der Waals surface area contributed by atoms with Crippen molar-refractivity contribution < 1.29 is 14.3 Å². The van der Waals surface area contributed by atoms with Gasteiger partial charge in [-0.15, -0.1) is 0 Å². The van der Waals surface area contributed by atoms with Crippen LogP contribution in [0.15, 0.2) is 30.4 Å². The number of anilines is 1. The predicted octanol–water partition coefficient (Wildman–Crippen LogP) is 3.44. The van der Waals surface area contributed by atoms with Crippen molar-refractivity contribution in [2.45, 2.75) is 19.4 Å². The van der Waals surface area contributed by atoms with Crippen molar-refractivity contribution in [2.24, 2.45) is 0 Å². The number of nitrogens with zero attached hydrogens (tertiary/aromatic N) is 1. The zero-order valence-electron chi connectivity index (χ0n) is 10.8. The van der Waals surface area contributed by atoms with Crippen LogP contribution in [0.25, 0.3) is 0 Å². The molecule has 2 rings (SSSR count). The third kappa shape index (κ3) is 2.36. The van der Waals surface area contributed by atoms with E-state index in [4.69, 9.17) is 16.3 Å². The lowest BCUT2D eigenvalue weighted by Gasteiger charge is -2.35. The van der Waals surface area contributed by atoms with E-state index in [9.17, 15) is 9.59 Å². The van der Waals surface area contributed by atoms with Crippen molar-refractivity contribution in [1.29, 1.82) is 0 Å². The number of carbonyl (C=O) groups is 2. The maximum absolute atomic E-state index is 12.1. The Labute approximate surface area is 116 Å². The highest BCUT2D eigenvalue weighted by Gasteiger charge is 2.36. The van der Waals surface area contributed by atoms with Crippen LogP contribution in [0.2, 0.25) is 5.02 Å². The summed E-state index contributed by atoms with van der Waals surface area (Å²) in [6.07, 6.45) is -0.318. The summed E-state index contributed by atoms with van der Waals surface area (Å²) in [7, 11) is 1.31. The first kappa shape index (κ1) is 13.6. The lowest BCUT2D eigenvalue weighted by Crippen LogP contribution is -2.46. The molecule has 0 saturated carbocycles. The molecule has 0 bridgehead atoms. The van der Waals surface area contributed by atoms with Crippen molar-refractivity contribution in [1.82, 2.24) is 0 Å². The molecule has 1 aliphatic heterocycles. The van der Waals surface area contributed by atoms with Crippen molar-refractivity contribution in [3.8, 4) is 0 Å². The summed E-state index contributed by atoms with van der Waals surface area (Å²) in [5.41, 5.74) is 1.69. The molecule has 1 amide bonds. The lowest BCUT2D eigenvalue weighted by atomic mass is 9.91. The molecule has 1 aliphatic rings. The molecule has 0 saturated heterocycles. The standard InChI is InChI=1S/C14H14ClNO3/c1-8(2)12-7-13(17)10-6-9(15)4-5-11(10)16(12)14(18)19-3/h4-6,12H,1,7H2,2-3H3. The zero-order valence-corrected chi connectivity index (χ0v) is 11.5. The minimum absolute atomic E-state index is 0.0503. The predicted molar refractivity (Wildman–Crippen MR) is 73.9 cm³/mol. The van der Waals surface area contributed by atoms with Crippen molar-refractivity contribution in [2.75, 3.05) is 12.0 Å². The molecule has 19 heavy (non-hydrogen) atoms. The summed E-state index contributed by atoms with van der Waals surface area (Å²) >= 11 is 5.90. The van der Waals surface area contributed by atoms with Crippen molar-refractivity contribution in [3.05, 3.63) is 40.9 Å². The highest BCUT2D eigenvalue weighted by atomic mass is 35.5. The Kier molecular flexibility index (Phi) is 3.62. The second-order valence-electron chi connectivity index (χ2n) is 4.49. The molecule has 0 N–H and O–H groups in total. The van der Waals surface area contributed by atoms with Crippen LogP contribution >= 0.6 is 11.6 Å². The first-order valence-electron chi connectivity index (χ1n) is 5.81. The van der Waals surface area contributed by atoms with Gasteiger partial charge in [0.05, 0.1) is 18.8 Å². The van der Waals surface area contributed by atoms with Gasteiger partial charge in [0.2, 0.25) is 0 Å². The number of halogens is 1. The fraction of sp³-hybridized carbons (Fsp3) is 0.286. The highest BCUT2D eigenvalue weighted by Crippen LogP contribution is 2.35. The summed E-state index contributed by atoms with van der Waals surface area (Å²) < 4.78 is 4.79. The highest BCUT2D eigenvalue weighted by molar-refractivity contribution is 6.31. The van der Waals surface area contributed by atoms with Gasteiger partial charge in [-0.3, -0.25) is 9.69 Å². The second-order valence-corrected chi connectivity index (χ2v) is 4.93. The number of methoxy groups -OCH3 is 1. The minimum Gasteiger partial charge on any atom is -0.452 e. The summed E-state index contributed by atoms with van der Waals surface area (Å²) in [6, 6.07) is 4.49. The van der Waals surface area contributed by atoms with Crippen LogP contribution in [0, 0.1) is 0 Å². The Balaban J connectivity index is 2.59. The SMILES string of the molecule is C=C(C)C1CC(=O)c2cc(Cl)ccc2N1C(=O)OC. The van der Waals surface area contributed by atoms with Crippen LogP contribution in [0.4, 0.5) is 10.5 Å². The third-order valence-electron chi connectivity index (χ3n) is 3.15. The number of benzene rings is 1. The molecule has 100 valence electrons. The Hall–Kier alpha value is -1.81. The number of ether oxygens (including phenoxy) is 1. The summed E-state index contributed by atoms with van der Waals surface area (Å²) in [5.74, 6) is -0.0503. The number of carbonyl (C=O) groups excluding carboxylic acids is 2. The van der Waals surface area contributed by atoms with E-state index in [1.54, 1.807) is 25.1 Å². The molecule has 1 atom stereocenters. The number of ketones is 1. The summed E-state index contributed by atoms with van der Waals surface area (Å²) in [4.78, 5) is 25.5. The molecular weight excluding hydrogens is 266 g/mol. The van der Waals surface area contributed by atoms with Crippen LogP contribution in [0.5, 0.6) is 0 Å². The first-order valence-corrected chi connectivity index (χ1v) is 6.19. The molecule has 0 radical (unpaired) electrons. The Bertz CT molecular complexity index is 568. The molecule has 1 unspecified atom stereocenters. The topological polar surface area (TPSA) is 46.6 Å². The normalized spacial score (nSPS) is 17.9. The van der Waals surface area contributed by atoms with Gasteiger partial charge in [-0.1, -0.05) is 23.8 Å². The van der Waals surface area contributed by atoms with Crippen LogP contribution in [-0.4, -0.2) is 25.0 Å².